The van der Waals surface area contributed by atoms with Gasteiger partial charge in [-0.3, -0.25) is 24.8 Å². The van der Waals surface area contributed by atoms with Crippen molar-refractivity contribution >= 4 is 45.3 Å². The molecule has 1 aromatic rings. The minimum atomic E-state index is -0.638. The van der Waals surface area contributed by atoms with Gasteiger partial charge in [0.25, 0.3) is 0 Å². The molecule has 1 saturated heterocycles. The second-order valence-electron chi connectivity index (χ2n) is 5.49. The zero-order chi connectivity index (χ0) is 18.4. The van der Waals surface area contributed by atoms with Gasteiger partial charge >= 0.3 is 5.97 Å². The van der Waals surface area contributed by atoms with Crippen LogP contribution in [0.5, 0.6) is 5.75 Å². The van der Waals surface area contributed by atoms with E-state index in [1.54, 1.807) is 12.1 Å². The van der Waals surface area contributed by atoms with E-state index in [2.05, 4.69) is 26.1 Å². The van der Waals surface area contributed by atoms with Crippen LogP contribution in [-0.4, -0.2) is 43.1 Å². The zero-order valence-electron chi connectivity index (χ0n) is 13.6. The molecular formula is C16H18BrClN2O5. The van der Waals surface area contributed by atoms with Crippen LogP contribution >= 0.6 is 27.5 Å². The lowest BCUT2D eigenvalue weighted by molar-refractivity contribution is -0.156. The summed E-state index contributed by atoms with van der Waals surface area (Å²) < 4.78 is 11.0. The van der Waals surface area contributed by atoms with E-state index in [1.165, 1.54) is 12.1 Å². The molecule has 25 heavy (non-hydrogen) atoms. The van der Waals surface area contributed by atoms with Crippen molar-refractivity contribution in [1.29, 1.82) is 0 Å². The molecule has 1 fully saturated rings. The predicted octanol–water partition coefficient (Wildman–Crippen LogP) is 2.31. The summed E-state index contributed by atoms with van der Waals surface area (Å²) in [7, 11) is 1.26. The summed E-state index contributed by atoms with van der Waals surface area (Å²) in [6, 6.07) is 5.26. The van der Waals surface area contributed by atoms with Crippen LogP contribution in [0.1, 0.15) is 19.3 Å². The number of benzene rings is 1. The molecule has 0 bridgehead atoms. The van der Waals surface area contributed by atoms with E-state index < -0.39 is 11.9 Å². The van der Waals surface area contributed by atoms with Gasteiger partial charge in [0.2, 0.25) is 11.8 Å². The number of methoxy groups -OCH3 is 1. The zero-order valence-corrected chi connectivity index (χ0v) is 15.9. The number of carbonyl (C=O) groups excluding carboxylic acids is 3. The molecule has 0 aromatic heterocycles. The molecule has 1 heterocycles. The quantitative estimate of drug-likeness (QED) is 0.550. The molecule has 2 amide bonds. The van der Waals surface area contributed by atoms with Gasteiger partial charge in [0.15, 0.2) is 0 Å². The molecule has 1 N–H and O–H groups in total. The van der Waals surface area contributed by atoms with E-state index in [4.69, 9.17) is 16.3 Å². The van der Waals surface area contributed by atoms with Crippen LogP contribution in [-0.2, 0) is 19.1 Å². The van der Waals surface area contributed by atoms with E-state index in [0.29, 0.717) is 23.8 Å². The molecule has 9 heteroatoms. The second-order valence-corrected chi connectivity index (χ2v) is 6.81. The van der Waals surface area contributed by atoms with Gasteiger partial charge in [-0.2, -0.15) is 0 Å². The minimum absolute atomic E-state index is 0.0155. The van der Waals surface area contributed by atoms with E-state index in [1.807, 2.05) is 6.07 Å². The predicted molar refractivity (Wildman–Crippen MR) is 93.9 cm³/mol. The molecule has 1 aliphatic heterocycles. The van der Waals surface area contributed by atoms with Crippen molar-refractivity contribution in [1.82, 2.24) is 10.4 Å². The summed E-state index contributed by atoms with van der Waals surface area (Å²) in [5.74, 6) is -1.27. The van der Waals surface area contributed by atoms with Crippen LogP contribution < -0.4 is 10.2 Å². The number of amides is 2. The Morgan fingerprint density at radius 2 is 2.20 bits per heavy atom. The Morgan fingerprint density at radius 3 is 2.88 bits per heavy atom. The molecule has 7 nitrogen and oxygen atoms in total. The molecule has 1 unspecified atom stereocenters. The summed E-state index contributed by atoms with van der Waals surface area (Å²) in [6.45, 7) is 0.409. The fourth-order valence-electron chi connectivity index (χ4n) is 2.37. The Morgan fingerprint density at radius 1 is 1.44 bits per heavy atom. The summed E-state index contributed by atoms with van der Waals surface area (Å²) in [5.41, 5.74) is 2.47. The smallest absolute Gasteiger partial charge is 0.311 e. The van der Waals surface area contributed by atoms with Crippen LogP contribution in [0.4, 0.5) is 0 Å². The number of carbonyl (C=O) groups is 3. The maximum absolute atomic E-state index is 12.2. The van der Waals surface area contributed by atoms with Gasteiger partial charge in [0.1, 0.15) is 5.75 Å². The summed E-state index contributed by atoms with van der Waals surface area (Å²) >= 11 is 9.36. The number of ether oxygens (including phenoxy) is 2. The van der Waals surface area contributed by atoms with Crippen LogP contribution in [0.15, 0.2) is 22.7 Å². The molecule has 1 aromatic carbocycles. The first-order valence-electron chi connectivity index (χ1n) is 7.66. The first-order valence-corrected chi connectivity index (χ1v) is 8.83. The van der Waals surface area contributed by atoms with E-state index >= 15 is 0 Å². The maximum atomic E-state index is 12.2. The van der Waals surface area contributed by atoms with Crippen molar-refractivity contribution in [3.8, 4) is 5.75 Å². The number of esters is 1. The average Bonchev–Trinajstić information content (AvgIpc) is 2.58. The number of rotatable bonds is 6. The van der Waals surface area contributed by atoms with Crippen molar-refractivity contribution in [2.45, 2.75) is 19.3 Å². The van der Waals surface area contributed by atoms with E-state index in [-0.39, 0.29) is 31.2 Å². The third kappa shape index (κ3) is 5.61. The average molecular weight is 434 g/mol. The Balaban J connectivity index is 1.79. The largest absolute Gasteiger partial charge is 0.492 e. The number of nitrogens with zero attached hydrogens (tertiary/aromatic N) is 1. The SMILES string of the molecule is COC(=O)C1CC(=O)NN(C(=O)CCCOc2ccc(Br)cc2Cl)C1. The first-order chi connectivity index (χ1) is 11.9. The van der Waals surface area contributed by atoms with E-state index in [0.717, 1.165) is 4.47 Å². The van der Waals surface area contributed by atoms with Gasteiger partial charge in [-0.25, -0.2) is 0 Å². The maximum Gasteiger partial charge on any atom is 0.311 e. The lowest BCUT2D eigenvalue weighted by Gasteiger charge is -2.31. The van der Waals surface area contributed by atoms with Crippen molar-refractivity contribution < 1.29 is 23.9 Å². The van der Waals surface area contributed by atoms with Gasteiger partial charge in [0, 0.05) is 17.3 Å². The van der Waals surface area contributed by atoms with Crippen LogP contribution in [0.2, 0.25) is 5.02 Å². The van der Waals surface area contributed by atoms with Gasteiger partial charge in [-0.05, 0) is 24.6 Å². The fourth-order valence-corrected chi connectivity index (χ4v) is 3.10. The van der Waals surface area contributed by atoms with Crippen molar-refractivity contribution in [3.63, 3.8) is 0 Å². The summed E-state index contributed by atoms with van der Waals surface area (Å²) in [4.78, 5) is 35.4. The lowest BCUT2D eigenvalue weighted by atomic mass is 10.0. The monoisotopic (exact) mass is 432 g/mol. The molecule has 0 radical (unpaired) electrons. The molecule has 2 rings (SSSR count). The highest BCUT2D eigenvalue weighted by Crippen LogP contribution is 2.27. The molecule has 1 aliphatic rings. The number of hydrogen-bond donors (Lipinski definition) is 1. The van der Waals surface area contributed by atoms with Crippen molar-refractivity contribution in [2.24, 2.45) is 5.92 Å². The highest BCUT2D eigenvalue weighted by molar-refractivity contribution is 9.10. The Labute approximate surface area is 158 Å². The van der Waals surface area contributed by atoms with E-state index in [9.17, 15) is 14.4 Å². The molecule has 136 valence electrons. The van der Waals surface area contributed by atoms with Crippen molar-refractivity contribution in [3.05, 3.63) is 27.7 Å². The van der Waals surface area contributed by atoms with Gasteiger partial charge in [0.05, 0.1) is 31.2 Å². The topological polar surface area (TPSA) is 84.9 Å². The Bertz CT molecular complexity index is 670. The normalized spacial score (nSPS) is 17.0. The Kier molecular flexibility index (Phi) is 7.07. The van der Waals surface area contributed by atoms with Crippen LogP contribution in [0.3, 0.4) is 0 Å². The third-order valence-electron chi connectivity index (χ3n) is 3.62. The molecule has 0 aliphatic carbocycles. The van der Waals surface area contributed by atoms with Crippen LogP contribution in [0, 0.1) is 5.92 Å². The van der Waals surface area contributed by atoms with Crippen molar-refractivity contribution in [2.75, 3.05) is 20.3 Å². The third-order valence-corrected chi connectivity index (χ3v) is 4.41. The minimum Gasteiger partial charge on any atom is -0.492 e. The second kappa shape index (κ2) is 9.05. The van der Waals surface area contributed by atoms with Gasteiger partial charge in [-0.15, -0.1) is 0 Å². The molecule has 0 spiro atoms. The summed E-state index contributed by atoms with van der Waals surface area (Å²) in [5, 5.41) is 1.64. The van der Waals surface area contributed by atoms with Crippen LogP contribution in [0.25, 0.3) is 0 Å². The first kappa shape index (κ1) is 19.5. The number of halogens is 2. The standard InChI is InChI=1S/C16H18BrClN2O5/c1-24-16(23)10-7-14(21)19-20(9-10)15(22)3-2-6-25-13-5-4-11(17)8-12(13)18/h4-5,8,10H,2-3,6-7,9H2,1H3,(H,19,21). The number of hydrogen-bond acceptors (Lipinski definition) is 5. The fraction of sp³-hybridized carbons (Fsp3) is 0.438. The molecular weight excluding hydrogens is 416 g/mol. The molecule has 0 saturated carbocycles. The number of nitrogens with one attached hydrogen (secondary N) is 1. The van der Waals surface area contributed by atoms with Gasteiger partial charge < -0.3 is 9.47 Å². The highest BCUT2D eigenvalue weighted by atomic mass is 79.9. The van der Waals surface area contributed by atoms with Gasteiger partial charge in [-0.1, -0.05) is 27.5 Å². The molecule has 1 atom stereocenters. The lowest BCUT2D eigenvalue weighted by Crippen LogP contribution is -2.54. The Hall–Kier alpha value is -1.80. The number of hydrazine groups is 1. The highest BCUT2D eigenvalue weighted by Gasteiger charge is 2.33. The summed E-state index contributed by atoms with van der Waals surface area (Å²) in [6.07, 6.45) is 0.629.